The number of anilines is 1. The molecule has 4 rings (SSSR count). The first-order valence-electron chi connectivity index (χ1n) is 12.9. The average Bonchev–Trinajstić information content (AvgIpc) is 2.92. The first-order chi connectivity index (χ1) is 18.5. The molecule has 3 aromatic rings. The Labute approximate surface area is 225 Å². The van der Waals surface area contributed by atoms with Crippen LogP contribution in [0.4, 0.5) is 19.1 Å². The fourth-order valence-corrected chi connectivity index (χ4v) is 4.64. The van der Waals surface area contributed by atoms with E-state index in [0.29, 0.717) is 47.7 Å². The lowest BCUT2D eigenvalue weighted by molar-refractivity contribution is -0.137. The van der Waals surface area contributed by atoms with Gasteiger partial charge in [-0.25, -0.2) is 4.98 Å². The zero-order valence-electron chi connectivity index (χ0n) is 22.4. The molecule has 9 heteroatoms. The number of hydrogen-bond acceptors (Lipinski definition) is 4. The Bertz CT molecular complexity index is 1500. The third kappa shape index (κ3) is 6.00. The van der Waals surface area contributed by atoms with Gasteiger partial charge in [0.05, 0.1) is 36.0 Å². The number of aromatic nitrogens is 2. The molecular weight excluding hydrogens is 505 g/mol. The average molecular weight is 537 g/mol. The van der Waals surface area contributed by atoms with E-state index < -0.39 is 11.7 Å². The summed E-state index contributed by atoms with van der Waals surface area (Å²) >= 11 is 0. The number of aryl methyl sites for hydroxylation is 2. The quantitative estimate of drug-likeness (QED) is 0.413. The number of halogens is 3. The smallest absolute Gasteiger partial charge is 0.349 e. The molecule has 0 aliphatic carbocycles. The van der Waals surface area contributed by atoms with Gasteiger partial charge in [0.2, 0.25) is 5.95 Å². The summed E-state index contributed by atoms with van der Waals surface area (Å²) in [5.41, 5.74) is 3.39. The van der Waals surface area contributed by atoms with E-state index in [-0.39, 0.29) is 30.6 Å². The summed E-state index contributed by atoms with van der Waals surface area (Å²) in [4.78, 5) is 33.3. The van der Waals surface area contributed by atoms with Crippen LogP contribution in [0.2, 0.25) is 0 Å². The first kappa shape index (κ1) is 28.0. The molecule has 1 atom stereocenters. The Morgan fingerprint density at radius 1 is 1.13 bits per heavy atom. The molecule has 1 aromatic heterocycles. The van der Waals surface area contributed by atoms with E-state index in [4.69, 9.17) is 4.98 Å². The van der Waals surface area contributed by atoms with Gasteiger partial charge in [-0.05, 0) is 68.1 Å². The minimum atomic E-state index is -4.42. The standard InChI is InChI=1S/C30H31F3N4O2/c1-5-7-15-37-28(39)24-18-36(27(38)22-9-8-19(3)20(4)17-22)16-14-26(24)35-29(37)34-25(6-2)21-10-12-23(13-11-21)30(31,32)33/h8-13,17,25H,6,14-16,18H2,1-4H3,(H,34,35). The van der Waals surface area contributed by atoms with Crippen molar-refractivity contribution in [2.75, 3.05) is 11.9 Å². The number of rotatable bonds is 6. The molecule has 0 fully saturated rings. The van der Waals surface area contributed by atoms with Crippen molar-refractivity contribution >= 4 is 11.9 Å². The topological polar surface area (TPSA) is 67.2 Å². The molecule has 1 amide bonds. The molecule has 2 aromatic carbocycles. The van der Waals surface area contributed by atoms with Crippen molar-refractivity contribution in [1.29, 1.82) is 0 Å². The van der Waals surface area contributed by atoms with Gasteiger partial charge in [0.25, 0.3) is 11.5 Å². The van der Waals surface area contributed by atoms with Crippen LogP contribution in [0.15, 0.2) is 47.3 Å². The number of alkyl halides is 3. The Morgan fingerprint density at radius 3 is 2.46 bits per heavy atom. The molecule has 0 spiro atoms. The van der Waals surface area contributed by atoms with Crippen LogP contribution < -0.4 is 10.9 Å². The van der Waals surface area contributed by atoms with Crippen LogP contribution in [0.5, 0.6) is 0 Å². The second kappa shape index (κ2) is 11.4. The van der Waals surface area contributed by atoms with Gasteiger partial charge >= 0.3 is 6.18 Å². The Balaban J connectivity index is 1.65. The van der Waals surface area contributed by atoms with Crippen molar-refractivity contribution in [1.82, 2.24) is 14.5 Å². The van der Waals surface area contributed by atoms with Crippen molar-refractivity contribution in [3.05, 3.63) is 91.9 Å². The summed E-state index contributed by atoms with van der Waals surface area (Å²) in [6.07, 6.45) is -3.45. The highest BCUT2D eigenvalue weighted by Crippen LogP contribution is 2.31. The number of nitrogens with one attached hydrogen (secondary N) is 1. The molecule has 204 valence electrons. The van der Waals surface area contributed by atoms with Gasteiger partial charge in [0.1, 0.15) is 0 Å². The van der Waals surface area contributed by atoms with Crippen LogP contribution in [0.1, 0.15) is 70.2 Å². The maximum absolute atomic E-state index is 13.7. The largest absolute Gasteiger partial charge is 0.416 e. The highest BCUT2D eigenvalue weighted by Gasteiger charge is 2.31. The normalized spacial score (nSPS) is 13.8. The molecule has 0 saturated heterocycles. The van der Waals surface area contributed by atoms with Crippen LogP contribution in [-0.2, 0) is 25.7 Å². The van der Waals surface area contributed by atoms with Crippen molar-refractivity contribution in [2.24, 2.45) is 0 Å². The van der Waals surface area contributed by atoms with E-state index in [9.17, 15) is 22.8 Å². The fraction of sp³-hybridized carbons (Fsp3) is 0.367. The van der Waals surface area contributed by atoms with Crippen LogP contribution in [0.25, 0.3) is 0 Å². The second-order valence-corrected chi connectivity index (χ2v) is 9.68. The molecule has 0 bridgehead atoms. The van der Waals surface area contributed by atoms with Gasteiger partial charge < -0.3 is 10.2 Å². The summed E-state index contributed by atoms with van der Waals surface area (Å²) in [6, 6.07) is 10.2. The predicted octanol–water partition coefficient (Wildman–Crippen LogP) is 5.66. The third-order valence-electron chi connectivity index (χ3n) is 7.12. The molecule has 1 aliphatic heterocycles. The minimum Gasteiger partial charge on any atom is -0.349 e. The van der Waals surface area contributed by atoms with Crippen molar-refractivity contribution in [2.45, 2.75) is 65.8 Å². The summed E-state index contributed by atoms with van der Waals surface area (Å²) in [7, 11) is 0. The van der Waals surface area contributed by atoms with E-state index in [1.807, 2.05) is 32.9 Å². The molecular formula is C30H31F3N4O2. The van der Waals surface area contributed by atoms with E-state index in [1.165, 1.54) is 16.7 Å². The van der Waals surface area contributed by atoms with E-state index in [0.717, 1.165) is 23.3 Å². The summed E-state index contributed by atoms with van der Waals surface area (Å²) in [5.74, 6) is 5.87. The lowest BCUT2D eigenvalue weighted by Crippen LogP contribution is -2.41. The lowest BCUT2D eigenvalue weighted by atomic mass is 10.0. The monoisotopic (exact) mass is 536 g/mol. The highest BCUT2D eigenvalue weighted by atomic mass is 19.4. The molecule has 39 heavy (non-hydrogen) atoms. The molecule has 1 N–H and O–H groups in total. The van der Waals surface area contributed by atoms with Crippen molar-refractivity contribution < 1.29 is 18.0 Å². The van der Waals surface area contributed by atoms with E-state index in [2.05, 4.69) is 17.2 Å². The van der Waals surface area contributed by atoms with Gasteiger partial charge in [0.15, 0.2) is 0 Å². The number of carbonyl (C=O) groups is 1. The van der Waals surface area contributed by atoms with Gasteiger partial charge in [-0.1, -0.05) is 31.0 Å². The van der Waals surface area contributed by atoms with Gasteiger partial charge in [-0.3, -0.25) is 14.2 Å². The van der Waals surface area contributed by atoms with Gasteiger partial charge in [-0.15, -0.1) is 5.92 Å². The molecule has 1 aliphatic rings. The number of hydrogen-bond donors (Lipinski definition) is 1. The van der Waals surface area contributed by atoms with E-state index >= 15 is 0 Å². The van der Waals surface area contributed by atoms with Crippen LogP contribution in [0, 0.1) is 25.7 Å². The molecule has 6 nitrogen and oxygen atoms in total. The summed E-state index contributed by atoms with van der Waals surface area (Å²) in [6.45, 7) is 8.16. The zero-order valence-corrected chi connectivity index (χ0v) is 22.4. The SMILES string of the molecule is CC#CCn1c(NC(CC)c2ccc(C(F)(F)F)cc2)nc2c(c1=O)CN(C(=O)c1ccc(C)c(C)c1)CC2. The van der Waals surface area contributed by atoms with E-state index in [1.54, 1.807) is 17.9 Å². The lowest BCUT2D eigenvalue weighted by Gasteiger charge is -2.30. The molecule has 1 unspecified atom stereocenters. The Hall–Kier alpha value is -4.06. The second-order valence-electron chi connectivity index (χ2n) is 9.68. The van der Waals surface area contributed by atoms with Crippen LogP contribution >= 0.6 is 0 Å². The Kier molecular flexibility index (Phi) is 8.14. The number of amides is 1. The van der Waals surface area contributed by atoms with Crippen LogP contribution in [0.3, 0.4) is 0 Å². The number of nitrogens with zero attached hydrogens (tertiary/aromatic N) is 3. The van der Waals surface area contributed by atoms with Crippen molar-refractivity contribution in [3.8, 4) is 11.8 Å². The minimum absolute atomic E-state index is 0.0898. The van der Waals surface area contributed by atoms with Crippen LogP contribution in [-0.4, -0.2) is 26.9 Å². The number of carbonyl (C=O) groups excluding carboxylic acids is 1. The number of fused-ring (bicyclic) bond motifs is 1. The molecule has 0 saturated carbocycles. The van der Waals surface area contributed by atoms with Gasteiger partial charge in [0, 0.05) is 18.5 Å². The van der Waals surface area contributed by atoms with Gasteiger partial charge in [-0.2, -0.15) is 13.2 Å². The first-order valence-corrected chi connectivity index (χ1v) is 12.9. The molecule has 2 heterocycles. The fourth-order valence-electron chi connectivity index (χ4n) is 4.64. The summed E-state index contributed by atoms with van der Waals surface area (Å²) in [5, 5.41) is 3.27. The highest BCUT2D eigenvalue weighted by molar-refractivity contribution is 5.94. The zero-order chi connectivity index (χ0) is 28.3. The number of benzene rings is 2. The maximum atomic E-state index is 13.7. The maximum Gasteiger partial charge on any atom is 0.416 e. The molecule has 0 radical (unpaired) electrons. The predicted molar refractivity (Wildman–Crippen MR) is 144 cm³/mol. The Morgan fingerprint density at radius 2 is 1.85 bits per heavy atom. The third-order valence-corrected chi connectivity index (χ3v) is 7.12. The summed E-state index contributed by atoms with van der Waals surface area (Å²) < 4.78 is 40.5. The van der Waals surface area contributed by atoms with Crippen molar-refractivity contribution in [3.63, 3.8) is 0 Å².